The van der Waals surface area contributed by atoms with Crippen molar-refractivity contribution < 1.29 is 192 Å². The van der Waals surface area contributed by atoms with Crippen LogP contribution < -0.4 is 104 Å². The second-order valence-electron chi connectivity index (χ2n) is 14.8. The van der Waals surface area contributed by atoms with E-state index in [2.05, 4.69) is 0 Å². The van der Waals surface area contributed by atoms with Gasteiger partial charge in [-0.3, -0.25) is 9.80 Å². The van der Waals surface area contributed by atoms with Gasteiger partial charge < -0.3 is 41.5 Å². The molecule has 0 amide bonds. The van der Waals surface area contributed by atoms with Gasteiger partial charge in [0.25, 0.3) is 0 Å². The Morgan fingerprint density at radius 3 is 0.444 bits per heavy atom. The number of aromatic nitrogens is 7. The van der Waals surface area contributed by atoms with Crippen LogP contribution in [0.1, 0.15) is 27.7 Å². The average molecular weight is 1550 g/mol. The van der Waals surface area contributed by atoms with Crippen LogP contribution in [0.15, 0.2) is 127 Å². The fourth-order valence-corrected chi connectivity index (χ4v) is 6.30. The van der Waals surface area contributed by atoms with Crippen LogP contribution in [0.2, 0.25) is 0 Å². The van der Waals surface area contributed by atoms with Crippen LogP contribution in [0, 0.1) is 86.3 Å². The fraction of sp³-hybridized carbons (Fsp3) is 0.170. The van der Waals surface area contributed by atoms with Crippen molar-refractivity contribution in [1.82, 2.24) is 34.9 Å². The first kappa shape index (κ1) is 94.1. The maximum absolute atomic E-state index is 8.49. The van der Waals surface area contributed by atoms with Gasteiger partial charge in [-0.25, -0.2) is 109 Å². The number of halogens is 4. The van der Waals surface area contributed by atoms with Gasteiger partial charge in [-0.05, 0) is 84.9 Å². The summed E-state index contributed by atoms with van der Waals surface area (Å²) in [5.41, 5.74) is 0. The van der Waals surface area contributed by atoms with E-state index in [0.717, 1.165) is 23.3 Å². The van der Waals surface area contributed by atoms with Crippen molar-refractivity contribution in [2.75, 3.05) is 57.6 Å². The van der Waals surface area contributed by atoms with Gasteiger partial charge in [0.15, 0.2) is 0 Å². The van der Waals surface area contributed by atoms with E-state index < -0.39 is 41.0 Å². The summed E-state index contributed by atoms with van der Waals surface area (Å²) in [6.45, 7) is 5.72. The molecule has 0 radical (unpaired) electrons. The summed E-state index contributed by atoms with van der Waals surface area (Å²) >= 11 is 0. The third-order valence-corrected chi connectivity index (χ3v) is 9.16. The van der Waals surface area contributed by atoms with Crippen LogP contribution in [0.3, 0.4) is 0 Å². The van der Waals surface area contributed by atoms with E-state index in [9.17, 15) is 0 Å². The van der Waals surface area contributed by atoms with Crippen molar-refractivity contribution in [3.8, 4) is 24.3 Å². The van der Waals surface area contributed by atoms with Crippen molar-refractivity contribution in [2.24, 2.45) is 0 Å². The van der Waals surface area contributed by atoms with Crippen molar-refractivity contribution in [1.29, 1.82) is 21.0 Å². The van der Waals surface area contributed by atoms with E-state index in [-0.39, 0.29) is 76.5 Å². The Hall–Kier alpha value is -6.99. The van der Waals surface area contributed by atoms with Crippen molar-refractivity contribution >= 4 is 81.5 Å². The molecule has 9 heterocycles. The Bertz CT molecular complexity index is 2940. The Kier molecular flexibility index (Phi) is 47.4. The normalized spacial score (nSPS) is 10.8. The molecule has 0 unspecified atom stereocenters. The standard InChI is InChI=1S/C39H33N13.4C2H3N.2Cd.4ClHO4.4H2O/c1-47-26-12-5-13-27(40-26)48(2)31-17-8-22-36(43-31)52-37-23-10-19-33(45-37)50(4)29-15-6-14-28(41-29)49(3)32-18-9-21-35(44-32)51(34-20-7-16-30(47)42-34)38-24-11-25-39(52)46-38;4*1-2-3;;;4*2-1(3,4)5;;;;/h5-25H,1-4H3;4*1H3;;;4*(H,2,3,4,5);4*1H2/q;;;;;2*+2;;;;;;;;. The van der Waals surface area contributed by atoms with E-state index in [1.807, 2.05) is 185 Å². The first-order valence-electron chi connectivity index (χ1n) is 22.1. The van der Waals surface area contributed by atoms with Crippen LogP contribution in [0.5, 0.6) is 0 Å². The molecule has 9 rings (SSSR count). The van der Waals surface area contributed by atoms with E-state index in [1.54, 1.807) is 24.3 Å². The predicted molar refractivity (Wildman–Crippen MR) is 270 cm³/mol. The first-order valence-corrected chi connectivity index (χ1v) is 27.1. The van der Waals surface area contributed by atoms with Crippen LogP contribution >= 0.6 is 0 Å². The Balaban J connectivity index is -0.000000390. The maximum atomic E-state index is 8.49. The second-order valence-corrected chi connectivity index (χ2v) is 17.8. The molecule has 7 aromatic heterocycles. The molecule has 0 aromatic carbocycles. The molecule has 0 saturated heterocycles. The summed E-state index contributed by atoms with van der Waals surface area (Å²) in [5, 5.41) is 29.3. The van der Waals surface area contributed by atoms with Gasteiger partial charge in [-0.1, -0.05) is 42.5 Å². The molecule has 16 bridgehead atoms. The van der Waals surface area contributed by atoms with Gasteiger partial charge in [0.1, 0.15) is 81.5 Å². The van der Waals surface area contributed by atoms with Crippen molar-refractivity contribution in [3.63, 3.8) is 0 Å². The smallest absolute Gasteiger partial charge is 0.457 e. The molecule has 12 N–H and O–H groups in total. The predicted octanol–water partition coefficient (Wildman–Crippen LogP) is -12.5. The summed E-state index contributed by atoms with van der Waals surface area (Å²) in [6.07, 6.45) is 0. The Labute approximate surface area is 562 Å². The zero-order chi connectivity index (χ0) is 64.2. The van der Waals surface area contributed by atoms with Gasteiger partial charge >= 0.3 is 54.6 Å². The number of nitrogens with zero attached hydrogens (tertiary/aromatic N) is 17. The zero-order valence-electron chi connectivity index (χ0n) is 48.5. The number of hydrogen-bond acceptors (Lipinski definition) is 33. The van der Waals surface area contributed by atoms with Crippen LogP contribution in [0.25, 0.3) is 0 Å². The number of fused-ring (bicyclic) bond motifs is 16. The quantitative estimate of drug-likeness (QED) is 0.100. The molecular formula is C47H57Cd2Cl4N17O20+4. The molecule has 2 aliphatic rings. The summed E-state index contributed by atoms with van der Waals surface area (Å²) in [7, 11) is -11.9. The van der Waals surface area contributed by atoms with Gasteiger partial charge in [-0.15, -0.1) is 41.0 Å². The molecule has 43 heteroatoms. The molecule has 0 atom stereocenters. The van der Waals surface area contributed by atoms with E-state index in [4.69, 9.17) is 130 Å². The van der Waals surface area contributed by atoms with E-state index in [0.29, 0.717) is 58.2 Å². The SMILES string of the molecule is CC#N.CC#N.CC#N.CC#N.CN1c2cccc(n2)N(C)c2cccc(n2)N2c3cccc(n3)N(C)c3cccc(n3)N(C)c3cccc(n3)N(c3cccc1n3)c1cccc2n1.[Cd+2].[Cd+2].[O-][Cl+3]([O-])([O-])[O-].[O-][Cl+3]([O-])([O-])[O-].[O-][Cl+3]([O-])([O-])[O-].[O-][Cl+3]([O-])([O-])[O-].[OH3+].[OH3+].[OH3+].[OH3+]. The van der Waals surface area contributed by atoms with Gasteiger partial charge in [0, 0.05) is 55.9 Å². The summed E-state index contributed by atoms with van der Waals surface area (Å²) in [6, 6.07) is 48.3. The van der Waals surface area contributed by atoms with Gasteiger partial charge in [-0.2, -0.15) is 21.0 Å². The average Bonchev–Trinajstić information content (AvgIpc) is 3.39. The third-order valence-electron chi connectivity index (χ3n) is 9.16. The Morgan fingerprint density at radius 1 is 0.256 bits per heavy atom. The molecule has 0 fully saturated rings. The van der Waals surface area contributed by atoms with Crippen LogP contribution in [-0.2, 0) is 76.5 Å². The van der Waals surface area contributed by atoms with Gasteiger partial charge in [0.05, 0.1) is 24.3 Å². The van der Waals surface area contributed by atoms with E-state index in [1.165, 1.54) is 27.7 Å². The molecule has 7 aromatic rings. The molecule has 0 spiro atoms. The molecule has 478 valence electrons. The summed E-state index contributed by atoms with van der Waals surface area (Å²) in [4.78, 5) is 47.8. The number of nitriles is 4. The van der Waals surface area contributed by atoms with Crippen LogP contribution in [0.4, 0.5) is 81.5 Å². The molecule has 90 heavy (non-hydrogen) atoms. The second kappa shape index (κ2) is 45.3. The molecule has 0 saturated carbocycles. The molecule has 37 nitrogen and oxygen atoms in total. The largest absolute Gasteiger partial charge is 2.00 e. The molecule has 2 aliphatic heterocycles. The summed E-state index contributed by atoms with van der Waals surface area (Å²) in [5.74, 6) is 9.36. The Morgan fingerprint density at radius 2 is 0.333 bits per heavy atom. The first-order chi connectivity index (χ1) is 39.1. The summed E-state index contributed by atoms with van der Waals surface area (Å²) < 4.78 is 136. The number of pyridine rings is 7. The fourth-order valence-electron chi connectivity index (χ4n) is 6.30. The third kappa shape index (κ3) is 36.6. The number of hydrogen-bond donors (Lipinski definition) is 0. The minimum Gasteiger partial charge on any atom is -0.457 e. The van der Waals surface area contributed by atoms with Crippen LogP contribution in [-0.4, -0.2) is 63.1 Å². The van der Waals surface area contributed by atoms with Crippen molar-refractivity contribution in [3.05, 3.63) is 127 Å². The van der Waals surface area contributed by atoms with E-state index >= 15 is 0 Å². The maximum Gasteiger partial charge on any atom is 2.00 e. The number of anilines is 14. The zero-order valence-corrected chi connectivity index (χ0v) is 59.6. The minimum atomic E-state index is -4.94. The monoisotopic (exact) mass is 1550 g/mol. The molecule has 0 aliphatic carbocycles. The number of rotatable bonds is 0. The topological polar surface area (TPSA) is 706 Å². The minimum absolute atomic E-state index is 0. The molecular weight excluding hydrogens is 1490 g/mol. The van der Waals surface area contributed by atoms with Crippen molar-refractivity contribution in [2.45, 2.75) is 27.7 Å². The van der Waals surface area contributed by atoms with Gasteiger partial charge in [0.2, 0.25) is 0 Å².